The minimum atomic E-state index is -0.121. The Hall–Kier alpha value is -1.85. The van der Waals surface area contributed by atoms with E-state index < -0.39 is 0 Å². The maximum Gasteiger partial charge on any atom is 0.244 e. The smallest absolute Gasteiger partial charge is 0.244 e. The van der Waals surface area contributed by atoms with Gasteiger partial charge in [-0.05, 0) is 43.8 Å². The predicted octanol–water partition coefficient (Wildman–Crippen LogP) is 2.77. The molecule has 1 amide bonds. The number of likely N-dealkylation sites (N-methyl/N-ethyl adjacent to an activating group) is 1. The molecular weight excluding hydrogens is 272 g/mol. The molecule has 20 heavy (non-hydrogen) atoms. The second-order valence-corrected chi connectivity index (χ2v) is 5.57. The molecule has 1 atom stereocenters. The number of rotatable bonds is 6. The zero-order valence-electron chi connectivity index (χ0n) is 11.6. The van der Waals surface area contributed by atoms with E-state index in [0.29, 0.717) is 12.3 Å². The van der Waals surface area contributed by atoms with Gasteiger partial charge in [-0.1, -0.05) is 6.07 Å². The second-order valence-electron chi connectivity index (χ2n) is 4.59. The fourth-order valence-electron chi connectivity index (χ4n) is 1.82. The molecule has 0 bridgehead atoms. The average Bonchev–Trinajstić information content (AvgIpc) is 3.09. The lowest BCUT2D eigenvalue weighted by Crippen LogP contribution is -2.33. The zero-order chi connectivity index (χ0) is 14.4. The van der Waals surface area contributed by atoms with Gasteiger partial charge in [-0.2, -0.15) is 0 Å². The van der Waals surface area contributed by atoms with Crippen LogP contribution in [-0.2, 0) is 4.79 Å². The number of amides is 1. The van der Waals surface area contributed by atoms with Crippen molar-refractivity contribution in [3.8, 4) is 0 Å². The van der Waals surface area contributed by atoms with Gasteiger partial charge >= 0.3 is 0 Å². The summed E-state index contributed by atoms with van der Waals surface area (Å²) in [5.41, 5.74) is 0. The van der Waals surface area contributed by atoms with Crippen molar-refractivity contribution in [3.05, 3.63) is 52.6 Å². The van der Waals surface area contributed by atoms with Crippen LogP contribution in [0.2, 0.25) is 0 Å². The summed E-state index contributed by atoms with van der Waals surface area (Å²) in [7, 11) is 4.02. The predicted molar refractivity (Wildman–Crippen MR) is 81.5 cm³/mol. The van der Waals surface area contributed by atoms with Crippen molar-refractivity contribution >= 4 is 23.3 Å². The third-order valence-corrected chi connectivity index (χ3v) is 3.88. The molecule has 0 radical (unpaired) electrons. The van der Waals surface area contributed by atoms with E-state index in [1.165, 1.54) is 11.0 Å². The Balaban J connectivity index is 1.88. The summed E-state index contributed by atoms with van der Waals surface area (Å²) in [4.78, 5) is 15.1. The molecule has 2 rings (SSSR count). The van der Waals surface area contributed by atoms with Crippen LogP contribution in [-0.4, -0.2) is 31.4 Å². The standard InChI is InChI=1S/C15H18N2O2S/c1-17(2)13(14-6-4-10-20-14)11-16-15(18)8-7-12-5-3-9-19-12/h3-10,13H,11H2,1-2H3,(H,16,18)/b8-7-/t13-/m1/s1. The molecule has 1 N–H and O–H groups in total. The molecule has 0 aliphatic rings. The summed E-state index contributed by atoms with van der Waals surface area (Å²) in [5.74, 6) is 0.548. The van der Waals surface area contributed by atoms with E-state index >= 15 is 0 Å². The van der Waals surface area contributed by atoms with E-state index in [9.17, 15) is 4.79 Å². The highest BCUT2D eigenvalue weighted by Gasteiger charge is 2.15. The Morgan fingerprint density at radius 2 is 2.30 bits per heavy atom. The summed E-state index contributed by atoms with van der Waals surface area (Å²) >= 11 is 1.70. The first-order valence-electron chi connectivity index (χ1n) is 6.36. The quantitative estimate of drug-likeness (QED) is 0.832. The molecule has 0 aliphatic heterocycles. The molecule has 2 aromatic rings. The first-order chi connectivity index (χ1) is 9.66. The number of furan rings is 1. The summed E-state index contributed by atoms with van der Waals surface area (Å²) in [5, 5.41) is 4.96. The normalized spacial score (nSPS) is 12.9. The Morgan fingerprint density at radius 1 is 1.45 bits per heavy atom. The average molecular weight is 290 g/mol. The largest absolute Gasteiger partial charge is 0.465 e. The Labute approximate surface area is 122 Å². The van der Waals surface area contributed by atoms with Gasteiger partial charge in [0.15, 0.2) is 0 Å². The molecule has 0 saturated carbocycles. The van der Waals surface area contributed by atoms with Crippen LogP contribution in [0.5, 0.6) is 0 Å². The summed E-state index contributed by atoms with van der Waals surface area (Å²) < 4.78 is 5.13. The van der Waals surface area contributed by atoms with Crippen molar-refractivity contribution < 1.29 is 9.21 Å². The first kappa shape index (κ1) is 14.6. The molecule has 5 heteroatoms. The molecule has 0 spiro atoms. The Kier molecular flexibility index (Phi) is 5.15. The molecule has 0 aliphatic carbocycles. The van der Waals surface area contributed by atoms with Crippen LogP contribution >= 0.6 is 11.3 Å². The first-order valence-corrected chi connectivity index (χ1v) is 7.24. The van der Waals surface area contributed by atoms with Crippen LogP contribution in [0, 0.1) is 0 Å². The third-order valence-electron chi connectivity index (χ3n) is 2.91. The van der Waals surface area contributed by atoms with Gasteiger partial charge in [0, 0.05) is 17.5 Å². The zero-order valence-corrected chi connectivity index (χ0v) is 12.4. The second kappa shape index (κ2) is 7.07. The van der Waals surface area contributed by atoms with Crippen LogP contribution in [0.1, 0.15) is 16.7 Å². The highest BCUT2D eigenvalue weighted by atomic mass is 32.1. The molecule has 2 heterocycles. The number of nitrogens with zero attached hydrogens (tertiary/aromatic N) is 1. The number of thiophene rings is 1. The van der Waals surface area contributed by atoms with Gasteiger partial charge < -0.3 is 14.6 Å². The van der Waals surface area contributed by atoms with Crippen LogP contribution in [0.25, 0.3) is 6.08 Å². The number of hydrogen-bond acceptors (Lipinski definition) is 4. The van der Waals surface area contributed by atoms with Crippen molar-refractivity contribution in [2.75, 3.05) is 20.6 Å². The van der Waals surface area contributed by atoms with Gasteiger partial charge in [0.25, 0.3) is 0 Å². The highest BCUT2D eigenvalue weighted by molar-refractivity contribution is 7.10. The number of nitrogens with one attached hydrogen (secondary N) is 1. The number of carbonyl (C=O) groups is 1. The SMILES string of the molecule is CN(C)[C@H](CNC(=O)/C=C\c1ccco1)c1cccs1. The molecule has 2 aromatic heterocycles. The minimum Gasteiger partial charge on any atom is -0.465 e. The van der Waals surface area contributed by atoms with Gasteiger partial charge in [-0.3, -0.25) is 4.79 Å². The Morgan fingerprint density at radius 3 is 2.90 bits per heavy atom. The molecular formula is C15H18N2O2S. The van der Waals surface area contributed by atoms with E-state index in [1.807, 2.05) is 25.5 Å². The van der Waals surface area contributed by atoms with E-state index in [4.69, 9.17) is 4.42 Å². The van der Waals surface area contributed by atoms with Crippen molar-refractivity contribution in [2.24, 2.45) is 0 Å². The Bertz CT molecular complexity index is 544. The van der Waals surface area contributed by atoms with Gasteiger partial charge in [0.2, 0.25) is 5.91 Å². The molecule has 106 valence electrons. The van der Waals surface area contributed by atoms with Crippen LogP contribution in [0.3, 0.4) is 0 Å². The molecule has 0 aromatic carbocycles. The van der Waals surface area contributed by atoms with Crippen LogP contribution in [0.15, 0.2) is 46.4 Å². The highest BCUT2D eigenvalue weighted by Crippen LogP contribution is 2.22. The summed E-state index contributed by atoms with van der Waals surface area (Å²) in [6.07, 6.45) is 4.72. The van der Waals surface area contributed by atoms with E-state index in [0.717, 1.165) is 0 Å². The van der Waals surface area contributed by atoms with Gasteiger partial charge in [-0.25, -0.2) is 0 Å². The fourth-order valence-corrected chi connectivity index (χ4v) is 2.74. The lowest BCUT2D eigenvalue weighted by molar-refractivity contribution is -0.116. The van der Waals surface area contributed by atoms with Gasteiger partial charge in [0.1, 0.15) is 5.76 Å². The maximum atomic E-state index is 11.8. The molecule has 0 fully saturated rings. The maximum absolute atomic E-state index is 11.8. The molecule has 4 nitrogen and oxygen atoms in total. The lowest BCUT2D eigenvalue weighted by atomic mass is 10.2. The van der Waals surface area contributed by atoms with Crippen molar-refractivity contribution in [1.29, 1.82) is 0 Å². The summed E-state index contributed by atoms with van der Waals surface area (Å²) in [6, 6.07) is 7.89. The number of hydrogen-bond donors (Lipinski definition) is 1. The fraction of sp³-hybridized carbons (Fsp3) is 0.267. The molecule has 0 saturated heterocycles. The van der Waals surface area contributed by atoms with Gasteiger partial charge in [-0.15, -0.1) is 11.3 Å². The van der Waals surface area contributed by atoms with Crippen molar-refractivity contribution in [1.82, 2.24) is 10.2 Å². The van der Waals surface area contributed by atoms with Crippen LogP contribution < -0.4 is 5.32 Å². The monoisotopic (exact) mass is 290 g/mol. The topological polar surface area (TPSA) is 45.5 Å². The van der Waals surface area contributed by atoms with Crippen molar-refractivity contribution in [2.45, 2.75) is 6.04 Å². The van der Waals surface area contributed by atoms with E-state index in [1.54, 1.807) is 35.8 Å². The van der Waals surface area contributed by atoms with E-state index in [-0.39, 0.29) is 11.9 Å². The van der Waals surface area contributed by atoms with Crippen molar-refractivity contribution in [3.63, 3.8) is 0 Å². The molecule has 0 unspecified atom stereocenters. The van der Waals surface area contributed by atoms with E-state index in [2.05, 4.69) is 16.3 Å². The van der Waals surface area contributed by atoms with Gasteiger partial charge in [0.05, 0.1) is 12.3 Å². The third kappa shape index (κ3) is 4.08. The minimum absolute atomic E-state index is 0.121. The summed E-state index contributed by atoms with van der Waals surface area (Å²) in [6.45, 7) is 0.578. The number of carbonyl (C=O) groups excluding carboxylic acids is 1. The lowest BCUT2D eigenvalue weighted by Gasteiger charge is -2.23. The van der Waals surface area contributed by atoms with Crippen LogP contribution in [0.4, 0.5) is 0 Å².